The Kier molecular flexibility index (Phi) is 2.67. The first kappa shape index (κ1) is 11.3. The maximum atomic E-state index is 13.5. The van der Waals surface area contributed by atoms with E-state index in [1.807, 2.05) is 30.5 Å². The minimum absolute atomic E-state index is 0.504. The van der Waals surface area contributed by atoms with Gasteiger partial charge in [0, 0.05) is 29.2 Å². The van der Waals surface area contributed by atoms with Crippen molar-refractivity contribution in [2.24, 2.45) is 0 Å². The zero-order chi connectivity index (χ0) is 12.6. The largest absolute Gasteiger partial charge is 0.318 e. The van der Waals surface area contributed by atoms with Gasteiger partial charge >= 0.3 is 5.69 Å². The van der Waals surface area contributed by atoms with Gasteiger partial charge in [-0.25, -0.2) is 0 Å². The summed E-state index contributed by atoms with van der Waals surface area (Å²) < 4.78 is 15.3. The van der Waals surface area contributed by atoms with Crippen molar-refractivity contribution in [1.29, 1.82) is 0 Å². The molecule has 0 fully saturated rings. The molecule has 2 rings (SSSR count). The number of hydrogen-bond donors (Lipinski definition) is 0. The van der Waals surface area contributed by atoms with Gasteiger partial charge in [0.1, 0.15) is 0 Å². The molecule has 0 aliphatic heterocycles. The summed E-state index contributed by atoms with van der Waals surface area (Å²) in [5.41, 5.74) is 2.00. The molecule has 0 N–H and O–H groups in total. The molecule has 5 heteroatoms. The Morgan fingerprint density at radius 3 is 2.24 bits per heavy atom. The van der Waals surface area contributed by atoms with E-state index in [2.05, 4.69) is 0 Å². The van der Waals surface area contributed by atoms with Gasteiger partial charge in [0.05, 0.1) is 4.92 Å². The van der Waals surface area contributed by atoms with Crippen LogP contribution >= 0.6 is 0 Å². The van der Waals surface area contributed by atoms with Gasteiger partial charge in [0.25, 0.3) is 0 Å². The monoisotopic (exact) mass is 234 g/mol. The minimum Gasteiger partial charge on any atom is -0.318 e. The average Bonchev–Trinajstić information content (AvgIpc) is 2.58. The van der Waals surface area contributed by atoms with Crippen LogP contribution in [0, 0.1) is 29.8 Å². The fourth-order valence-corrected chi connectivity index (χ4v) is 1.86. The fraction of sp³-hybridized carbons (Fsp3) is 0.167. The van der Waals surface area contributed by atoms with Crippen molar-refractivity contribution >= 4 is 5.69 Å². The number of benzene rings is 1. The van der Waals surface area contributed by atoms with E-state index in [9.17, 15) is 14.5 Å². The fourth-order valence-electron chi connectivity index (χ4n) is 1.86. The van der Waals surface area contributed by atoms with Gasteiger partial charge in [-0.05, 0) is 32.0 Å². The molecule has 0 amide bonds. The molecule has 2 aromatic rings. The van der Waals surface area contributed by atoms with E-state index in [0.29, 0.717) is 5.69 Å². The number of rotatable bonds is 2. The lowest BCUT2D eigenvalue weighted by atomic mass is 10.2. The molecule has 0 aliphatic carbocycles. The summed E-state index contributed by atoms with van der Waals surface area (Å²) in [4.78, 5) is 9.78. The second-order valence-electron chi connectivity index (χ2n) is 3.84. The summed E-state index contributed by atoms with van der Waals surface area (Å²) in [6, 6.07) is 7.73. The molecule has 17 heavy (non-hydrogen) atoms. The smallest absolute Gasteiger partial charge is 0.304 e. The second-order valence-corrected chi connectivity index (χ2v) is 3.84. The van der Waals surface area contributed by atoms with Gasteiger partial charge in [-0.3, -0.25) is 10.1 Å². The molecule has 4 nitrogen and oxygen atoms in total. The number of nitro groups is 1. The molecule has 0 atom stereocenters. The Labute approximate surface area is 97.5 Å². The molecule has 88 valence electrons. The van der Waals surface area contributed by atoms with Crippen LogP contribution in [0.1, 0.15) is 11.4 Å². The lowest BCUT2D eigenvalue weighted by Crippen LogP contribution is -2.00. The highest BCUT2D eigenvalue weighted by molar-refractivity contribution is 5.44. The molecule has 0 aliphatic rings. The summed E-state index contributed by atoms with van der Waals surface area (Å²) in [5, 5.41) is 10.5. The van der Waals surface area contributed by atoms with E-state index in [1.54, 1.807) is 6.07 Å². The van der Waals surface area contributed by atoms with Crippen LogP contribution in [0.4, 0.5) is 10.1 Å². The third-order valence-corrected chi connectivity index (χ3v) is 2.66. The Morgan fingerprint density at radius 2 is 1.76 bits per heavy atom. The molecule has 0 radical (unpaired) electrons. The van der Waals surface area contributed by atoms with Crippen molar-refractivity contribution in [1.82, 2.24) is 4.57 Å². The molecule has 1 aromatic heterocycles. The molecule has 0 bridgehead atoms. The van der Waals surface area contributed by atoms with E-state index in [-0.39, 0.29) is 0 Å². The highest BCUT2D eigenvalue weighted by Gasteiger charge is 2.15. The van der Waals surface area contributed by atoms with Crippen molar-refractivity contribution in [3.8, 4) is 5.69 Å². The molecule has 0 saturated heterocycles. The minimum atomic E-state index is -0.819. The number of halogens is 1. The van der Waals surface area contributed by atoms with Crippen LogP contribution < -0.4 is 0 Å². The lowest BCUT2D eigenvalue weighted by molar-refractivity contribution is -0.387. The highest BCUT2D eigenvalue weighted by Crippen LogP contribution is 2.22. The average molecular weight is 234 g/mol. The van der Waals surface area contributed by atoms with Crippen molar-refractivity contribution in [3.05, 3.63) is 57.7 Å². The Bertz CT molecular complexity index is 571. The van der Waals surface area contributed by atoms with Crippen LogP contribution in [0.2, 0.25) is 0 Å². The standard InChI is InChI=1S/C12H11FN2O2/c1-8-3-4-9(2)14(8)10-5-6-12(15(16)17)11(13)7-10/h3-7H,1-2H3. The first-order valence-electron chi connectivity index (χ1n) is 5.10. The quantitative estimate of drug-likeness (QED) is 0.592. The zero-order valence-electron chi connectivity index (χ0n) is 9.48. The first-order chi connectivity index (χ1) is 8.00. The number of hydrogen-bond acceptors (Lipinski definition) is 2. The first-order valence-corrected chi connectivity index (χ1v) is 5.10. The predicted molar refractivity (Wildman–Crippen MR) is 61.9 cm³/mol. The third-order valence-electron chi connectivity index (χ3n) is 2.66. The molecule has 1 heterocycles. The number of nitro benzene ring substituents is 1. The molecular weight excluding hydrogens is 223 g/mol. The van der Waals surface area contributed by atoms with Gasteiger partial charge in [0.2, 0.25) is 5.82 Å². The lowest BCUT2D eigenvalue weighted by Gasteiger charge is -2.09. The zero-order valence-corrected chi connectivity index (χ0v) is 9.48. The predicted octanol–water partition coefficient (Wildman–Crippen LogP) is 3.14. The van der Waals surface area contributed by atoms with E-state index in [4.69, 9.17) is 0 Å². The summed E-state index contributed by atoms with van der Waals surface area (Å²) in [7, 11) is 0. The Balaban J connectivity index is 2.56. The number of aromatic nitrogens is 1. The van der Waals surface area contributed by atoms with Crippen molar-refractivity contribution < 1.29 is 9.31 Å². The number of aryl methyl sites for hydroxylation is 2. The van der Waals surface area contributed by atoms with E-state index < -0.39 is 16.4 Å². The summed E-state index contributed by atoms with van der Waals surface area (Å²) in [6.45, 7) is 3.79. The van der Waals surface area contributed by atoms with E-state index in [0.717, 1.165) is 11.4 Å². The number of nitrogens with zero attached hydrogens (tertiary/aromatic N) is 2. The van der Waals surface area contributed by atoms with Gasteiger partial charge < -0.3 is 4.57 Å². The van der Waals surface area contributed by atoms with Gasteiger partial charge in [-0.15, -0.1) is 0 Å². The SMILES string of the molecule is Cc1ccc(C)n1-c1ccc([N+](=O)[O-])c(F)c1. The van der Waals surface area contributed by atoms with Crippen LogP contribution in [-0.2, 0) is 0 Å². The topological polar surface area (TPSA) is 48.1 Å². The van der Waals surface area contributed by atoms with Gasteiger partial charge in [-0.2, -0.15) is 4.39 Å². The van der Waals surface area contributed by atoms with Crippen LogP contribution in [0.3, 0.4) is 0 Å². The van der Waals surface area contributed by atoms with Crippen molar-refractivity contribution in [2.75, 3.05) is 0 Å². The molecule has 0 unspecified atom stereocenters. The normalized spacial score (nSPS) is 10.5. The molecule has 1 aromatic carbocycles. The van der Waals surface area contributed by atoms with Crippen LogP contribution in [0.25, 0.3) is 5.69 Å². The summed E-state index contributed by atoms with van der Waals surface area (Å²) in [6.07, 6.45) is 0. The van der Waals surface area contributed by atoms with E-state index in [1.165, 1.54) is 12.1 Å². The van der Waals surface area contributed by atoms with E-state index >= 15 is 0 Å². The molecular formula is C12H11FN2O2. The van der Waals surface area contributed by atoms with Crippen LogP contribution in [0.15, 0.2) is 30.3 Å². The maximum Gasteiger partial charge on any atom is 0.304 e. The third kappa shape index (κ3) is 1.91. The Hall–Kier alpha value is -2.17. The van der Waals surface area contributed by atoms with Gasteiger partial charge in [0.15, 0.2) is 0 Å². The maximum absolute atomic E-state index is 13.5. The van der Waals surface area contributed by atoms with Gasteiger partial charge in [-0.1, -0.05) is 0 Å². The second kappa shape index (κ2) is 4.01. The summed E-state index contributed by atoms with van der Waals surface area (Å²) in [5.74, 6) is -0.819. The van der Waals surface area contributed by atoms with Crippen molar-refractivity contribution in [2.45, 2.75) is 13.8 Å². The highest BCUT2D eigenvalue weighted by atomic mass is 19.1. The molecule has 0 spiro atoms. The summed E-state index contributed by atoms with van der Waals surface area (Å²) >= 11 is 0. The molecule has 0 saturated carbocycles. The van der Waals surface area contributed by atoms with Crippen molar-refractivity contribution in [3.63, 3.8) is 0 Å². The van der Waals surface area contributed by atoms with Crippen LogP contribution in [-0.4, -0.2) is 9.49 Å². The Morgan fingerprint density at radius 1 is 1.18 bits per heavy atom. The van der Waals surface area contributed by atoms with Crippen LogP contribution in [0.5, 0.6) is 0 Å².